The Morgan fingerprint density at radius 2 is 1.95 bits per heavy atom. The van der Waals surface area contributed by atoms with Crippen LogP contribution in [0.25, 0.3) is 0 Å². The Morgan fingerprint density at radius 1 is 1.24 bits per heavy atom. The smallest absolute Gasteiger partial charge is 0.297 e. The minimum atomic E-state index is -4.32. The third-order valence-electron chi connectivity index (χ3n) is 3.72. The summed E-state index contributed by atoms with van der Waals surface area (Å²) in [5.41, 5.74) is 1.06. The Kier molecular flexibility index (Phi) is 3.91. The van der Waals surface area contributed by atoms with Gasteiger partial charge in [-0.1, -0.05) is 5.16 Å². The molecule has 116 valence electrons. The van der Waals surface area contributed by atoms with Crippen molar-refractivity contribution in [2.24, 2.45) is 5.16 Å². The molecule has 1 aromatic heterocycles. The van der Waals surface area contributed by atoms with Gasteiger partial charge in [-0.05, 0) is 24.8 Å². The number of anilines is 1. The summed E-state index contributed by atoms with van der Waals surface area (Å²) in [7, 11) is -4.32. The molecule has 0 bridgehead atoms. The van der Waals surface area contributed by atoms with Crippen LogP contribution >= 0.6 is 11.3 Å². The molecule has 2 aliphatic rings. The minimum absolute atomic E-state index is 0.0229. The number of ether oxygens (including phenoxy) is 1. The zero-order valence-electron chi connectivity index (χ0n) is 11.3. The van der Waals surface area contributed by atoms with Gasteiger partial charge in [0, 0.05) is 13.1 Å². The van der Waals surface area contributed by atoms with Crippen molar-refractivity contribution >= 4 is 32.2 Å². The maximum atomic E-state index is 11.8. The molecule has 1 fully saturated rings. The molecular formula is C12H16N2O5S2. The fourth-order valence-electron chi connectivity index (χ4n) is 2.78. The van der Waals surface area contributed by atoms with Crippen LogP contribution < -0.4 is 4.90 Å². The van der Waals surface area contributed by atoms with Crippen molar-refractivity contribution in [1.29, 1.82) is 0 Å². The van der Waals surface area contributed by atoms with Crippen molar-refractivity contribution in [3.05, 3.63) is 10.4 Å². The molecule has 0 amide bonds. The summed E-state index contributed by atoms with van der Waals surface area (Å²) < 4.78 is 38.6. The number of hydrogen-bond donors (Lipinski definition) is 2. The van der Waals surface area contributed by atoms with Gasteiger partial charge in [0.2, 0.25) is 0 Å². The lowest BCUT2D eigenvalue weighted by Crippen LogP contribution is -2.36. The van der Waals surface area contributed by atoms with Crippen molar-refractivity contribution in [2.45, 2.75) is 24.2 Å². The number of hydrogen-bond acceptors (Lipinski definition) is 7. The lowest BCUT2D eigenvalue weighted by atomic mass is 9.97. The second-order valence-corrected chi connectivity index (χ2v) is 7.38. The molecule has 2 N–H and O–H groups in total. The molecule has 9 heteroatoms. The van der Waals surface area contributed by atoms with Gasteiger partial charge in [-0.2, -0.15) is 8.42 Å². The maximum Gasteiger partial charge on any atom is 0.297 e. The molecule has 2 heterocycles. The first kappa shape index (κ1) is 14.8. The number of nitrogens with zero attached hydrogens (tertiary/aromatic N) is 2. The first-order valence-corrected chi connectivity index (χ1v) is 8.95. The van der Waals surface area contributed by atoms with E-state index in [9.17, 15) is 13.0 Å². The van der Waals surface area contributed by atoms with Gasteiger partial charge in [-0.15, -0.1) is 11.3 Å². The molecule has 0 radical (unpaired) electrons. The van der Waals surface area contributed by atoms with Crippen molar-refractivity contribution in [1.82, 2.24) is 0 Å². The van der Waals surface area contributed by atoms with Crippen LogP contribution in [0.1, 0.15) is 23.3 Å². The zero-order valence-corrected chi connectivity index (χ0v) is 12.9. The number of oxime groups is 1. The fraction of sp³-hybridized carbons (Fsp3) is 0.583. The van der Waals surface area contributed by atoms with Crippen LogP contribution in [0.3, 0.4) is 0 Å². The van der Waals surface area contributed by atoms with Gasteiger partial charge >= 0.3 is 0 Å². The van der Waals surface area contributed by atoms with E-state index in [1.165, 1.54) is 11.3 Å². The normalized spacial score (nSPS) is 21.6. The van der Waals surface area contributed by atoms with E-state index < -0.39 is 10.1 Å². The van der Waals surface area contributed by atoms with Crippen LogP contribution in [0.4, 0.5) is 5.00 Å². The molecule has 0 saturated carbocycles. The highest BCUT2D eigenvalue weighted by atomic mass is 32.2. The Balaban J connectivity index is 2.17. The summed E-state index contributed by atoms with van der Waals surface area (Å²) >= 11 is 1.27. The van der Waals surface area contributed by atoms with Crippen molar-refractivity contribution in [3.63, 3.8) is 0 Å². The quantitative estimate of drug-likeness (QED) is 0.482. The van der Waals surface area contributed by atoms with E-state index in [1.807, 2.05) is 4.90 Å². The van der Waals surface area contributed by atoms with Gasteiger partial charge < -0.3 is 14.8 Å². The van der Waals surface area contributed by atoms with Crippen LogP contribution in [-0.2, 0) is 21.3 Å². The highest BCUT2D eigenvalue weighted by molar-refractivity contribution is 7.86. The minimum Gasteiger partial charge on any atom is -0.411 e. The molecule has 0 atom stereocenters. The first-order valence-electron chi connectivity index (χ1n) is 6.69. The lowest BCUT2D eigenvalue weighted by molar-refractivity contribution is 0.123. The summed E-state index contributed by atoms with van der Waals surface area (Å²) in [6, 6.07) is 0. The lowest BCUT2D eigenvalue weighted by Gasteiger charge is -2.28. The third-order valence-corrected chi connectivity index (χ3v) is 6.15. The zero-order chi connectivity index (χ0) is 15.0. The standard InChI is InChI=1S/C12H16N2O5S2/c15-13-9-3-1-2-8-10(9)20-12(11(8)21(16,17)18)14-4-6-19-7-5-14/h15H,1-7H2,(H,16,17,18). The SMILES string of the molecule is O=S(=O)(O)c1c(N2CCOCC2)sc2c1CCCC2=NO. The second kappa shape index (κ2) is 5.56. The summed E-state index contributed by atoms with van der Waals surface area (Å²) in [4.78, 5) is 2.55. The Hall–Kier alpha value is -1.16. The molecule has 21 heavy (non-hydrogen) atoms. The average molecular weight is 332 g/mol. The molecule has 0 spiro atoms. The predicted molar refractivity (Wildman–Crippen MR) is 78.4 cm³/mol. The van der Waals surface area contributed by atoms with E-state index in [0.29, 0.717) is 66.7 Å². The number of fused-ring (bicyclic) bond motifs is 1. The van der Waals surface area contributed by atoms with Crippen molar-refractivity contribution < 1.29 is 22.9 Å². The molecule has 7 nitrogen and oxygen atoms in total. The molecule has 1 aliphatic heterocycles. The predicted octanol–water partition coefficient (Wildman–Crippen LogP) is 1.35. The third kappa shape index (κ3) is 2.66. The topological polar surface area (TPSA) is 99.4 Å². The monoisotopic (exact) mass is 332 g/mol. The summed E-state index contributed by atoms with van der Waals surface area (Å²) in [6.45, 7) is 2.20. The van der Waals surface area contributed by atoms with Crippen LogP contribution in [0, 0.1) is 0 Å². The Labute approximate surface area is 126 Å². The average Bonchev–Trinajstić information content (AvgIpc) is 2.87. The fourth-order valence-corrected chi connectivity index (χ4v) is 5.46. The molecule has 3 rings (SSSR count). The van der Waals surface area contributed by atoms with Crippen molar-refractivity contribution in [3.8, 4) is 0 Å². The van der Waals surface area contributed by atoms with E-state index in [0.717, 1.165) is 0 Å². The molecule has 1 saturated heterocycles. The van der Waals surface area contributed by atoms with E-state index in [2.05, 4.69) is 5.16 Å². The first-order chi connectivity index (χ1) is 10.0. The van der Waals surface area contributed by atoms with Crippen LogP contribution in [0.15, 0.2) is 10.1 Å². The highest BCUT2D eigenvalue weighted by Gasteiger charge is 2.33. The number of thiophene rings is 1. The van der Waals surface area contributed by atoms with Crippen LogP contribution in [0.5, 0.6) is 0 Å². The summed E-state index contributed by atoms with van der Waals surface area (Å²) in [5, 5.41) is 12.9. The molecule has 0 aromatic carbocycles. The number of rotatable bonds is 2. The van der Waals surface area contributed by atoms with Crippen molar-refractivity contribution in [2.75, 3.05) is 31.2 Å². The maximum absolute atomic E-state index is 11.8. The van der Waals surface area contributed by atoms with Crippen LogP contribution in [-0.4, -0.2) is 50.2 Å². The molecule has 1 aromatic rings. The van der Waals surface area contributed by atoms with Gasteiger partial charge in [0.25, 0.3) is 10.1 Å². The largest absolute Gasteiger partial charge is 0.411 e. The molecule has 1 aliphatic carbocycles. The van der Waals surface area contributed by atoms with Gasteiger partial charge in [0.1, 0.15) is 9.90 Å². The Morgan fingerprint density at radius 3 is 2.57 bits per heavy atom. The Bertz CT molecular complexity index is 674. The van der Waals surface area contributed by atoms with E-state index in [1.54, 1.807) is 0 Å². The van der Waals surface area contributed by atoms with Crippen LogP contribution in [0.2, 0.25) is 0 Å². The molecule has 0 unspecified atom stereocenters. The number of morpholine rings is 1. The van der Waals surface area contributed by atoms with Gasteiger partial charge in [0.15, 0.2) is 0 Å². The van der Waals surface area contributed by atoms with E-state index in [4.69, 9.17) is 9.94 Å². The van der Waals surface area contributed by atoms with Gasteiger partial charge in [-0.25, -0.2) is 0 Å². The summed E-state index contributed by atoms with van der Waals surface area (Å²) in [5.74, 6) is 0. The molecular weight excluding hydrogens is 316 g/mol. The van der Waals surface area contributed by atoms with E-state index in [-0.39, 0.29) is 4.90 Å². The second-order valence-electron chi connectivity index (χ2n) is 5.02. The van der Waals surface area contributed by atoms with E-state index >= 15 is 0 Å². The van der Waals surface area contributed by atoms with Gasteiger partial charge in [-0.3, -0.25) is 4.55 Å². The summed E-state index contributed by atoms with van der Waals surface area (Å²) in [6.07, 6.45) is 1.87. The van der Waals surface area contributed by atoms with Gasteiger partial charge in [0.05, 0.1) is 23.8 Å². The highest BCUT2D eigenvalue weighted by Crippen LogP contribution is 2.43.